The summed E-state index contributed by atoms with van der Waals surface area (Å²) in [7, 11) is 0. The third-order valence-electron chi connectivity index (χ3n) is 2.93. The van der Waals surface area contributed by atoms with Crippen molar-refractivity contribution in [2.45, 2.75) is 25.7 Å². The molecule has 1 saturated heterocycles. The molecule has 1 atom stereocenters. The quantitative estimate of drug-likeness (QED) is 0.728. The second kappa shape index (κ2) is 5.18. The van der Waals surface area contributed by atoms with Crippen molar-refractivity contribution in [3.05, 3.63) is 32.9 Å². The van der Waals surface area contributed by atoms with Crippen LogP contribution >= 0.6 is 22.6 Å². The van der Waals surface area contributed by atoms with Gasteiger partial charge in [0.1, 0.15) is 6.61 Å². The van der Waals surface area contributed by atoms with Crippen LogP contribution in [0, 0.1) is 3.57 Å². The molecule has 0 bridgehead atoms. The van der Waals surface area contributed by atoms with Gasteiger partial charge in [-0.2, -0.15) is 13.2 Å². The minimum Gasteiger partial charge on any atom is -0.447 e. The standard InChI is InChI=1S/C12H11F3INO2/c1-7-6-19-11(18)17(7)5-8-4-9(12(13,14)15)2-3-10(8)16/h2-4,7H,5-6H2,1H3. The van der Waals surface area contributed by atoms with Crippen LogP contribution in [0.25, 0.3) is 0 Å². The average molecular weight is 385 g/mol. The van der Waals surface area contributed by atoms with Crippen molar-refractivity contribution in [3.8, 4) is 0 Å². The minimum atomic E-state index is -4.38. The summed E-state index contributed by atoms with van der Waals surface area (Å²) >= 11 is 1.96. The van der Waals surface area contributed by atoms with Crippen molar-refractivity contribution >= 4 is 28.7 Å². The number of alkyl halides is 3. The van der Waals surface area contributed by atoms with Crippen LogP contribution in [0.1, 0.15) is 18.1 Å². The van der Waals surface area contributed by atoms with Crippen LogP contribution in [0.5, 0.6) is 0 Å². The van der Waals surface area contributed by atoms with E-state index in [0.29, 0.717) is 9.13 Å². The first kappa shape index (κ1) is 14.4. The van der Waals surface area contributed by atoms with Gasteiger partial charge in [0.05, 0.1) is 18.2 Å². The van der Waals surface area contributed by atoms with Gasteiger partial charge in [-0.25, -0.2) is 4.79 Å². The topological polar surface area (TPSA) is 29.5 Å². The number of hydrogen-bond acceptors (Lipinski definition) is 2. The number of amides is 1. The first-order valence-electron chi connectivity index (χ1n) is 5.58. The summed E-state index contributed by atoms with van der Waals surface area (Å²) in [5.74, 6) is 0. The lowest BCUT2D eigenvalue weighted by molar-refractivity contribution is -0.137. The molecule has 0 radical (unpaired) electrons. The lowest BCUT2D eigenvalue weighted by Gasteiger charge is -2.19. The molecule has 19 heavy (non-hydrogen) atoms. The molecule has 0 saturated carbocycles. The zero-order chi connectivity index (χ0) is 14.2. The maximum absolute atomic E-state index is 12.7. The molecule has 1 unspecified atom stereocenters. The molecule has 1 aromatic carbocycles. The van der Waals surface area contributed by atoms with Crippen molar-refractivity contribution in [2.75, 3.05) is 6.61 Å². The molecular formula is C12H11F3INO2. The molecule has 1 fully saturated rings. The fourth-order valence-electron chi connectivity index (χ4n) is 1.82. The number of carbonyl (C=O) groups excluding carboxylic acids is 1. The SMILES string of the molecule is CC1COC(=O)N1Cc1cc(C(F)(F)F)ccc1I. The molecule has 0 N–H and O–H groups in total. The van der Waals surface area contributed by atoms with Crippen molar-refractivity contribution in [1.82, 2.24) is 4.90 Å². The van der Waals surface area contributed by atoms with Gasteiger partial charge in [-0.15, -0.1) is 0 Å². The van der Waals surface area contributed by atoms with Gasteiger partial charge in [-0.1, -0.05) is 0 Å². The van der Waals surface area contributed by atoms with E-state index in [0.717, 1.165) is 12.1 Å². The van der Waals surface area contributed by atoms with Crippen molar-refractivity contribution in [1.29, 1.82) is 0 Å². The summed E-state index contributed by atoms with van der Waals surface area (Å²) < 4.78 is 43.5. The normalized spacial score (nSPS) is 19.7. The van der Waals surface area contributed by atoms with E-state index in [4.69, 9.17) is 4.74 Å². The van der Waals surface area contributed by atoms with Gasteiger partial charge in [0.15, 0.2) is 0 Å². The number of rotatable bonds is 2. The van der Waals surface area contributed by atoms with Crippen molar-refractivity contribution in [2.24, 2.45) is 0 Å². The van der Waals surface area contributed by atoms with Gasteiger partial charge in [-0.05, 0) is 53.3 Å². The van der Waals surface area contributed by atoms with Crippen LogP contribution in [-0.2, 0) is 17.5 Å². The largest absolute Gasteiger partial charge is 0.447 e. The van der Waals surface area contributed by atoms with Crippen LogP contribution in [0.4, 0.5) is 18.0 Å². The summed E-state index contributed by atoms with van der Waals surface area (Å²) in [5, 5.41) is 0. The summed E-state index contributed by atoms with van der Waals surface area (Å²) in [5.41, 5.74) is -0.232. The molecule has 1 aliphatic heterocycles. The predicted molar refractivity (Wildman–Crippen MR) is 70.5 cm³/mol. The molecule has 7 heteroatoms. The first-order valence-corrected chi connectivity index (χ1v) is 6.66. The summed E-state index contributed by atoms with van der Waals surface area (Å²) in [4.78, 5) is 12.9. The van der Waals surface area contributed by atoms with E-state index < -0.39 is 17.8 Å². The fourth-order valence-corrected chi connectivity index (χ4v) is 2.33. The Hall–Kier alpha value is -0.990. The first-order chi connectivity index (χ1) is 8.79. The second-order valence-corrected chi connectivity index (χ2v) is 5.52. The Balaban J connectivity index is 2.27. The molecule has 0 aliphatic carbocycles. The van der Waals surface area contributed by atoms with E-state index in [1.807, 2.05) is 22.6 Å². The van der Waals surface area contributed by atoms with Gasteiger partial charge in [0.2, 0.25) is 0 Å². The molecule has 3 nitrogen and oxygen atoms in total. The molecule has 0 aromatic heterocycles. The molecular weight excluding hydrogens is 374 g/mol. The van der Waals surface area contributed by atoms with Gasteiger partial charge in [0, 0.05) is 3.57 Å². The lowest BCUT2D eigenvalue weighted by Crippen LogP contribution is -2.31. The Morgan fingerprint density at radius 2 is 2.16 bits per heavy atom. The van der Waals surface area contributed by atoms with Gasteiger partial charge in [-0.3, -0.25) is 4.90 Å². The van der Waals surface area contributed by atoms with Crippen LogP contribution in [0.15, 0.2) is 18.2 Å². The molecule has 0 spiro atoms. The zero-order valence-corrected chi connectivity index (χ0v) is 12.2. The fraction of sp³-hybridized carbons (Fsp3) is 0.417. The highest BCUT2D eigenvalue weighted by molar-refractivity contribution is 14.1. The van der Waals surface area contributed by atoms with E-state index in [1.165, 1.54) is 11.0 Å². The third-order valence-corrected chi connectivity index (χ3v) is 3.98. The minimum absolute atomic E-state index is 0.127. The second-order valence-electron chi connectivity index (χ2n) is 4.36. The van der Waals surface area contributed by atoms with Gasteiger partial charge >= 0.3 is 12.3 Å². The monoisotopic (exact) mass is 385 g/mol. The van der Waals surface area contributed by atoms with E-state index in [2.05, 4.69) is 0 Å². The Morgan fingerprint density at radius 1 is 1.47 bits per heavy atom. The summed E-state index contributed by atoms with van der Waals surface area (Å²) in [6.45, 7) is 2.20. The van der Waals surface area contributed by atoms with Crippen molar-refractivity contribution < 1.29 is 22.7 Å². The highest BCUT2D eigenvalue weighted by Crippen LogP contribution is 2.31. The number of hydrogen-bond donors (Lipinski definition) is 0. The number of cyclic esters (lactones) is 1. The van der Waals surface area contributed by atoms with Crippen LogP contribution < -0.4 is 0 Å². The average Bonchev–Trinajstić information content (AvgIpc) is 2.62. The van der Waals surface area contributed by atoms with Gasteiger partial charge in [0.25, 0.3) is 0 Å². The molecule has 2 rings (SSSR count). The van der Waals surface area contributed by atoms with E-state index in [-0.39, 0.29) is 19.2 Å². The highest BCUT2D eigenvalue weighted by Gasteiger charge is 2.33. The molecule has 1 amide bonds. The highest BCUT2D eigenvalue weighted by atomic mass is 127. The number of carbonyl (C=O) groups is 1. The van der Waals surface area contributed by atoms with Crippen LogP contribution in [0.2, 0.25) is 0 Å². The smallest absolute Gasteiger partial charge is 0.416 e. The number of benzene rings is 1. The Kier molecular flexibility index (Phi) is 3.93. The zero-order valence-electron chi connectivity index (χ0n) is 10.00. The Bertz CT molecular complexity index is 504. The van der Waals surface area contributed by atoms with E-state index in [1.54, 1.807) is 6.92 Å². The van der Waals surface area contributed by atoms with E-state index in [9.17, 15) is 18.0 Å². The third kappa shape index (κ3) is 3.13. The molecule has 104 valence electrons. The molecule has 1 heterocycles. The van der Waals surface area contributed by atoms with E-state index >= 15 is 0 Å². The number of halogens is 4. The van der Waals surface area contributed by atoms with Gasteiger partial charge < -0.3 is 4.74 Å². The van der Waals surface area contributed by atoms with Crippen LogP contribution in [-0.4, -0.2) is 23.6 Å². The Morgan fingerprint density at radius 3 is 2.68 bits per heavy atom. The summed E-state index contributed by atoms with van der Waals surface area (Å²) in [6.07, 6.45) is -4.86. The lowest BCUT2D eigenvalue weighted by atomic mass is 10.1. The van der Waals surface area contributed by atoms with Crippen molar-refractivity contribution in [3.63, 3.8) is 0 Å². The van der Waals surface area contributed by atoms with Crippen LogP contribution in [0.3, 0.4) is 0 Å². The maximum atomic E-state index is 12.7. The Labute approximate surface area is 121 Å². The molecule has 1 aromatic rings. The maximum Gasteiger partial charge on any atom is 0.416 e. The summed E-state index contributed by atoms with van der Waals surface area (Å²) in [6, 6.07) is 3.40. The number of nitrogens with zero attached hydrogens (tertiary/aromatic N) is 1. The number of ether oxygens (including phenoxy) is 1. The molecule has 1 aliphatic rings. The predicted octanol–water partition coefficient (Wildman–Crippen LogP) is 3.65.